The van der Waals surface area contributed by atoms with Crippen LogP contribution in [0.2, 0.25) is 0 Å². The monoisotopic (exact) mass is 251 g/mol. The summed E-state index contributed by atoms with van der Waals surface area (Å²) in [5, 5.41) is 11.4. The van der Waals surface area contributed by atoms with E-state index < -0.39 is 0 Å². The lowest BCUT2D eigenvalue weighted by Gasteiger charge is -2.05. The molecule has 0 aliphatic carbocycles. The molecule has 1 heterocycles. The minimum atomic E-state index is -0.118. The number of pyridine rings is 1. The fourth-order valence-electron chi connectivity index (χ4n) is 1.72. The number of rotatable bonds is 4. The second kappa shape index (κ2) is 6.31. The fourth-order valence-corrected chi connectivity index (χ4v) is 1.72. The molecule has 4 heteroatoms. The Morgan fingerprint density at radius 3 is 2.79 bits per heavy atom. The molecule has 0 bridgehead atoms. The van der Waals surface area contributed by atoms with Crippen LogP contribution >= 0.6 is 0 Å². The zero-order valence-corrected chi connectivity index (χ0v) is 10.3. The van der Waals surface area contributed by atoms with E-state index in [1.54, 1.807) is 18.3 Å². The SMILES string of the molecule is N#CCc1ccnc(CC(=O)Nc2ccccc2)c1. The number of nitrogens with zero attached hydrogens (tertiary/aromatic N) is 2. The summed E-state index contributed by atoms with van der Waals surface area (Å²) in [5.41, 5.74) is 2.31. The van der Waals surface area contributed by atoms with Crippen molar-refractivity contribution in [3.63, 3.8) is 0 Å². The van der Waals surface area contributed by atoms with Crippen molar-refractivity contribution in [1.82, 2.24) is 4.98 Å². The zero-order chi connectivity index (χ0) is 13.5. The smallest absolute Gasteiger partial charge is 0.230 e. The molecule has 0 unspecified atom stereocenters. The number of carbonyl (C=O) groups is 1. The van der Waals surface area contributed by atoms with E-state index in [2.05, 4.69) is 16.4 Å². The molecule has 0 aliphatic rings. The minimum absolute atomic E-state index is 0.118. The molecule has 94 valence electrons. The van der Waals surface area contributed by atoms with Crippen LogP contribution in [-0.2, 0) is 17.6 Å². The lowest BCUT2D eigenvalue weighted by Crippen LogP contribution is -2.15. The van der Waals surface area contributed by atoms with E-state index in [1.165, 1.54) is 0 Å². The third-order valence-electron chi connectivity index (χ3n) is 2.56. The molecule has 2 rings (SSSR count). The van der Waals surface area contributed by atoms with Crippen LogP contribution in [0.3, 0.4) is 0 Å². The predicted molar refractivity (Wildman–Crippen MR) is 72.3 cm³/mol. The average Bonchev–Trinajstić information content (AvgIpc) is 2.40. The van der Waals surface area contributed by atoms with E-state index in [9.17, 15) is 4.79 Å². The van der Waals surface area contributed by atoms with Gasteiger partial charge in [-0.3, -0.25) is 9.78 Å². The van der Waals surface area contributed by atoms with Gasteiger partial charge in [0.05, 0.1) is 18.9 Å². The fraction of sp³-hybridized carbons (Fsp3) is 0.133. The second-order valence-electron chi connectivity index (χ2n) is 4.08. The van der Waals surface area contributed by atoms with E-state index in [1.807, 2.05) is 30.3 Å². The summed E-state index contributed by atoms with van der Waals surface area (Å²) < 4.78 is 0. The van der Waals surface area contributed by atoms with Crippen LogP contribution in [0.15, 0.2) is 48.7 Å². The van der Waals surface area contributed by atoms with Crippen LogP contribution < -0.4 is 5.32 Å². The van der Waals surface area contributed by atoms with Crippen molar-refractivity contribution in [3.8, 4) is 6.07 Å². The highest BCUT2D eigenvalue weighted by molar-refractivity contribution is 5.91. The number of aromatic nitrogens is 1. The summed E-state index contributed by atoms with van der Waals surface area (Å²) in [7, 11) is 0. The molecule has 19 heavy (non-hydrogen) atoms. The van der Waals surface area contributed by atoms with Crippen LogP contribution in [0.4, 0.5) is 5.69 Å². The number of nitrogens with one attached hydrogen (secondary N) is 1. The molecule has 0 saturated heterocycles. The van der Waals surface area contributed by atoms with E-state index >= 15 is 0 Å². The number of hydrogen-bond donors (Lipinski definition) is 1. The van der Waals surface area contributed by atoms with E-state index in [4.69, 9.17) is 5.26 Å². The minimum Gasteiger partial charge on any atom is -0.326 e. The lowest BCUT2D eigenvalue weighted by atomic mass is 10.1. The molecule has 0 aliphatic heterocycles. The summed E-state index contributed by atoms with van der Waals surface area (Å²) in [6, 6.07) is 14.9. The molecule has 0 spiro atoms. The van der Waals surface area contributed by atoms with Crippen LogP contribution in [-0.4, -0.2) is 10.9 Å². The van der Waals surface area contributed by atoms with Gasteiger partial charge in [0.25, 0.3) is 0 Å². The van der Waals surface area contributed by atoms with Gasteiger partial charge < -0.3 is 5.32 Å². The maximum atomic E-state index is 11.8. The van der Waals surface area contributed by atoms with Gasteiger partial charge in [-0.05, 0) is 29.8 Å². The van der Waals surface area contributed by atoms with Gasteiger partial charge in [-0.15, -0.1) is 0 Å². The van der Waals surface area contributed by atoms with Gasteiger partial charge in [0, 0.05) is 17.6 Å². The van der Waals surface area contributed by atoms with Crippen LogP contribution in [0.25, 0.3) is 0 Å². The summed E-state index contributed by atoms with van der Waals surface area (Å²) in [6.07, 6.45) is 2.15. The van der Waals surface area contributed by atoms with E-state index in [0.29, 0.717) is 12.1 Å². The van der Waals surface area contributed by atoms with Gasteiger partial charge in [0.1, 0.15) is 0 Å². The Bertz CT molecular complexity index is 602. The molecule has 0 fully saturated rings. The van der Waals surface area contributed by atoms with E-state index in [-0.39, 0.29) is 12.3 Å². The Balaban J connectivity index is 1.99. The van der Waals surface area contributed by atoms with E-state index in [0.717, 1.165) is 11.3 Å². The molecular weight excluding hydrogens is 238 g/mol. The first-order chi connectivity index (χ1) is 9.28. The highest BCUT2D eigenvalue weighted by Crippen LogP contribution is 2.07. The maximum absolute atomic E-state index is 11.8. The topological polar surface area (TPSA) is 65.8 Å². The Morgan fingerprint density at radius 1 is 1.26 bits per heavy atom. The first-order valence-corrected chi connectivity index (χ1v) is 5.93. The Hall–Kier alpha value is -2.67. The normalized spacial score (nSPS) is 9.63. The van der Waals surface area contributed by atoms with Gasteiger partial charge in [-0.25, -0.2) is 0 Å². The summed E-state index contributed by atoms with van der Waals surface area (Å²) in [5.74, 6) is -0.118. The summed E-state index contributed by atoms with van der Waals surface area (Å²) in [6.45, 7) is 0. The number of hydrogen-bond acceptors (Lipinski definition) is 3. The molecule has 0 radical (unpaired) electrons. The van der Waals surface area contributed by atoms with Gasteiger partial charge in [-0.2, -0.15) is 5.26 Å². The van der Waals surface area contributed by atoms with Crippen molar-refractivity contribution < 1.29 is 4.79 Å². The molecule has 1 amide bonds. The highest BCUT2D eigenvalue weighted by Gasteiger charge is 2.05. The number of nitriles is 1. The first-order valence-electron chi connectivity index (χ1n) is 5.93. The quantitative estimate of drug-likeness (QED) is 0.906. The number of para-hydroxylation sites is 1. The number of benzene rings is 1. The molecular formula is C15H13N3O. The van der Waals surface area contributed by atoms with Gasteiger partial charge in [0.15, 0.2) is 0 Å². The third-order valence-corrected chi connectivity index (χ3v) is 2.56. The zero-order valence-electron chi connectivity index (χ0n) is 10.3. The molecule has 1 aromatic carbocycles. The number of amides is 1. The Kier molecular flexibility index (Phi) is 4.25. The largest absolute Gasteiger partial charge is 0.326 e. The van der Waals surface area contributed by atoms with Crippen molar-refractivity contribution in [2.75, 3.05) is 5.32 Å². The van der Waals surface area contributed by atoms with Gasteiger partial charge in [-0.1, -0.05) is 18.2 Å². The molecule has 1 aromatic heterocycles. The van der Waals surface area contributed by atoms with Crippen LogP contribution in [0.1, 0.15) is 11.3 Å². The number of carbonyl (C=O) groups excluding carboxylic acids is 1. The van der Waals surface area contributed by atoms with Crippen molar-refractivity contribution in [2.24, 2.45) is 0 Å². The van der Waals surface area contributed by atoms with Crippen LogP contribution in [0.5, 0.6) is 0 Å². The lowest BCUT2D eigenvalue weighted by molar-refractivity contribution is -0.115. The van der Waals surface area contributed by atoms with Crippen molar-refractivity contribution >= 4 is 11.6 Å². The molecule has 2 aromatic rings. The molecule has 4 nitrogen and oxygen atoms in total. The van der Waals surface area contributed by atoms with Gasteiger partial charge >= 0.3 is 0 Å². The van der Waals surface area contributed by atoms with Crippen molar-refractivity contribution in [2.45, 2.75) is 12.8 Å². The predicted octanol–water partition coefficient (Wildman–Crippen LogP) is 2.33. The second-order valence-corrected chi connectivity index (χ2v) is 4.08. The van der Waals surface area contributed by atoms with Crippen molar-refractivity contribution in [1.29, 1.82) is 5.26 Å². The summed E-state index contributed by atoms with van der Waals surface area (Å²) in [4.78, 5) is 16.0. The molecule has 1 N–H and O–H groups in total. The molecule has 0 saturated carbocycles. The van der Waals surface area contributed by atoms with Crippen LogP contribution in [0, 0.1) is 11.3 Å². The standard InChI is InChI=1S/C15H13N3O/c16-8-6-12-7-9-17-14(10-12)11-15(19)18-13-4-2-1-3-5-13/h1-5,7,9-10H,6,11H2,(H,18,19). The Labute approximate surface area is 111 Å². The van der Waals surface area contributed by atoms with Crippen molar-refractivity contribution in [3.05, 3.63) is 59.9 Å². The highest BCUT2D eigenvalue weighted by atomic mass is 16.1. The maximum Gasteiger partial charge on any atom is 0.230 e. The number of anilines is 1. The summed E-state index contributed by atoms with van der Waals surface area (Å²) >= 11 is 0. The average molecular weight is 251 g/mol. The third kappa shape index (κ3) is 3.93. The molecule has 0 atom stereocenters. The first kappa shape index (κ1) is 12.8. The Morgan fingerprint density at radius 2 is 2.05 bits per heavy atom. The van der Waals surface area contributed by atoms with Gasteiger partial charge in [0.2, 0.25) is 5.91 Å².